The highest BCUT2D eigenvalue weighted by Crippen LogP contribution is 2.43. The van der Waals surface area contributed by atoms with Crippen molar-refractivity contribution in [2.24, 2.45) is 0 Å². The molecule has 1 atom stereocenters. The van der Waals surface area contributed by atoms with Gasteiger partial charge in [-0.05, 0) is 30.7 Å². The van der Waals surface area contributed by atoms with Crippen LogP contribution in [0.25, 0.3) is 0 Å². The van der Waals surface area contributed by atoms with Gasteiger partial charge < -0.3 is 10.0 Å². The lowest BCUT2D eigenvalue weighted by Gasteiger charge is -2.23. The third kappa shape index (κ3) is 3.57. The van der Waals surface area contributed by atoms with Gasteiger partial charge >= 0.3 is 0 Å². The zero-order valence-corrected chi connectivity index (χ0v) is 16.7. The molecule has 1 aliphatic rings. The van der Waals surface area contributed by atoms with Gasteiger partial charge in [-0.15, -0.1) is 0 Å². The molecule has 146 valence electrons. The highest BCUT2D eigenvalue weighted by atomic mass is 35.5. The normalized spacial score (nSPS) is 18.0. The molecule has 0 saturated heterocycles. The number of para-hydroxylation sites is 1. The van der Waals surface area contributed by atoms with E-state index in [4.69, 9.17) is 11.6 Å². The summed E-state index contributed by atoms with van der Waals surface area (Å²) in [6, 6.07) is 21.4. The lowest BCUT2D eigenvalue weighted by atomic mass is 9.88. The number of aliphatic hydroxyl groups is 1. The summed E-state index contributed by atoms with van der Waals surface area (Å²) < 4.78 is 0. The number of benzene rings is 3. The van der Waals surface area contributed by atoms with Crippen LogP contribution in [0.4, 0.5) is 5.69 Å². The van der Waals surface area contributed by atoms with Crippen molar-refractivity contribution in [3.05, 3.63) is 100 Å². The standard InChI is InChI=1S/C24H20ClNO3/c1-16-6-10-18(11-7-16)22(27)14-24(29)20-4-2-3-5-21(20)26(23(24)28)15-17-8-12-19(25)13-9-17/h2-13,29H,14-15H2,1H3. The first kappa shape index (κ1) is 19.4. The minimum atomic E-state index is -1.88. The Kier molecular flexibility index (Phi) is 4.99. The summed E-state index contributed by atoms with van der Waals surface area (Å²) in [6.45, 7) is 2.22. The summed E-state index contributed by atoms with van der Waals surface area (Å²) in [4.78, 5) is 27.6. The lowest BCUT2D eigenvalue weighted by Crippen LogP contribution is -2.41. The van der Waals surface area contributed by atoms with Crippen LogP contribution in [0.2, 0.25) is 5.02 Å². The Bertz CT molecular complexity index is 1080. The van der Waals surface area contributed by atoms with Crippen LogP contribution < -0.4 is 4.90 Å². The number of hydrogen-bond donors (Lipinski definition) is 1. The molecule has 0 saturated carbocycles. The minimum Gasteiger partial charge on any atom is -0.375 e. The van der Waals surface area contributed by atoms with Crippen LogP contribution >= 0.6 is 11.6 Å². The summed E-state index contributed by atoms with van der Waals surface area (Å²) in [5, 5.41) is 12.0. The molecule has 0 radical (unpaired) electrons. The van der Waals surface area contributed by atoms with E-state index in [0.29, 0.717) is 21.8 Å². The second-order valence-corrected chi connectivity index (χ2v) is 7.80. The Balaban J connectivity index is 1.66. The van der Waals surface area contributed by atoms with Crippen molar-refractivity contribution in [2.45, 2.75) is 25.5 Å². The predicted molar refractivity (Wildman–Crippen MR) is 113 cm³/mol. The first-order chi connectivity index (χ1) is 13.9. The molecule has 0 fully saturated rings. The maximum Gasteiger partial charge on any atom is 0.264 e. The number of rotatable bonds is 5. The van der Waals surface area contributed by atoms with Gasteiger partial charge in [-0.3, -0.25) is 9.59 Å². The number of hydrogen-bond acceptors (Lipinski definition) is 3. The van der Waals surface area contributed by atoms with E-state index in [0.717, 1.165) is 11.1 Å². The van der Waals surface area contributed by atoms with Crippen molar-refractivity contribution in [1.29, 1.82) is 0 Å². The number of anilines is 1. The van der Waals surface area contributed by atoms with Crippen molar-refractivity contribution < 1.29 is 14.7 Å². The SMILES string of the molecule is Cc1ccc(C(=O)CC2(O)C(=O)N(Cc3ccc(Cl)cc3)c3ccccc32)cc1. The van der Waals surface area contributed by atoms with E-state index in [1.54, 1.807) is 42.5 Å². The highest BCUT2D eigenvalue weighted by molar-refractivity contribution is 6.30. The maximum atomic E-state index is 13.3. The number of fused-ring (bicyclic) bond motifs is 1. The van der Waals surface area contributed by atoms with Crippen molar-refractivity contribution in [3.63, 3.8) is 0 Å². The summed E-state index contributed by atoms with van der Waals surface area (Å²) >= 11 is 5.95. The number of nitrogens with zero attached hydrogens (tertiary/aromatic N) is 1. The van der Waals surface area contributed by atoms with Gasteiger partial charge in [0.2, 0.25) is 0 Å². The fourth-order valence-corrected chi connectivity index (χ4v) is 3.81. The van der Waals surface area contributed by atoms with Crippen LogP contribution in [0, 0.1) is 6.92 Å². The molecule has 1 heterocycles. The molecule has 1 N–H and O–H groups in total. The van der Waals surface area contributed by atoms with Crippen LogP contribution in [0.1, 0.15) is 33.5 Å². The van der Waals surface area contributed by atoms with Crippen LogP contribution in [0.15, 0.2) is 72.8 Å². The Hall–Kier alpha value is -2.95. The third-order valence-corrected chi connectivity index (χ3v) is 5.54. The van der Waals surface area contributed by atoms with Crippen LogP contribution in [0.3, 0.4) is 0 Å². The van der Waals surface area contributed by atoms with E-state index in [2.05, 4.69) is 0 Å². The van der Waals surface area contributed by atoms with E-state index in [9.17, 15) is 14.7 Å². The third-order valence-electron chi connectivity index (χ3n) is 5.28. The van der Waals surface area contributed by atoms with Crippen molar-refractivity contribution >= 4 is 29.0 Å². The zero-order chi connectivity index (χ0) is 20.6. The molecule has 4 nitrogen and oxygen atoms in total. The number of halogens is 1. The van der Waals surface area contributed by atoms with Crippen molar-refractivity contribution in [3.8, 4) is 0 Å². The van der Waals surface area contributed by atoms with Gasteiger partial charge in [0.15, 0.2) is 11.4 Å². The van der Waals surface area contributed by atoms with Gasteiger partial charge in [-0.2, -0.15) is 0 Å². The average molecular weight is 406 g/mol. The number of Topliss-reactive ketones (excluding diaryl/α,β-unsaturated/α-hetero) is 1. The molecule has 0 bridgehead atoms. The first-order valence-electron chi connectivity index (χ1n) is 9.37. The number of amides is 1. The molecular formula is C24H20ClNO3. The smallest absolute Gasteiger partial charge is 0.264 e. The van der Waals surface area contributed by atoms with Crippen LogP contribution in [-0.2, 0) is 16.9 Å². The average Bonchev–Trinajstić information content (AvgIpc) is 2.92. The van der Waals surface area contributed by atoms with Gasteiger partial charge in [0.05, 0.1) is 18.7 Å². The van der Waals surface area contributed by atoms with Crippen LogP contribution in [-0.4, -0.2) is 16.8 Å². The van der Waals surface area contributed by atoms with Gasteiger partial charge in [0, 0.05) is 16.1 Å². The second-order valence-electron chi connectivity index (χ2n) is 7.36. The van der Waals surface area contributed by atoms with Gasteiger partial charge in [-0.25, -0.2) is 0 Å². The fraction of sp³-hybridized carbons (Fsp3) is 0.167. The van der Waals surface area contributed by atoms with Gasteiger partial charge in [-0.1, -0.05) is 71.8 Å². The minimum absolute atomic E-state index is 0.274. The van der Waals surface area contributed by atoms with Crippen LogP contribution in [0.5, 0.6) is 0 Å². The molecular weight excluding hydrogens is 386 g/mol. The predicted octanol–water partition coefficient (Wildman–Crippen LogP) is 4.66. The molecule has 4 rings (SSSR count). The molecule has 5 heteroatoms. The monoisotopic (exact) mass is 405 g/mol. The van der Waals surface area contributed by atoms with E-state index in [-0.39, 0.29) is 18.7 Å². The summed E-state index contributed by atoms with van der Waals surface area (Å²) in [6.07, 6.45) is -0.303. The van der Waals surface area contributed by atoms with E-state index in [1.165, 1.54) is 4.90 Å². The molecule has 29 heavy (non-hydrogen) atoms. The Labute approximate surface area is 174 Å². The fourth-order valence-electron chi connectivity index (χ4n) is 3.68. The number of aryl methyl sites for hydroxylation is 1. The number of ketones is 1. The van der Waals surface area contributed by atoms with Crippen molar-refractivity contribution in [2.75, 3.05) is 4.90 Å². The zero-order valence-electron chi connectivity index (χ0n) is 15.9. The van der Waals surface area contributed by atoms with Gasteiger partial charge in [0.1, 0.15) is 0 Å². The number of carbonyl (C=O) groups excluding carboxylic acids is 2. The first-order valence-corrected chi connectivity index (χ1v) is 9.74. The molecule has 3 aromatic rings. The lowest BCUT2D eigenvalue weighted by molar-refractivity contribution is -0.136. The Morgan fingerprint density at radius 3 is 2.34 bits per heavy atom. The summed E-state index contributed by atoms with van der Waals surface area (Å²) in [7, 11) is 0. The van der Waals surface area contributed by atoms with Gasteiger partial charge in [0.25, 0.3) is 5.91 Å². The Morgan fingerprint density at radius 1 is 1.00 bits per heavy atom. The van der Waals surface area contributed by atoms with E-state index >= 15 is 0 Å². The maximum absolute atomic E-state index is 13.3. The largest absolute Gasteiger partial charge is 0.375 e. The molecule has 1 amide bonds. The quantitative estimate of drug-likeness (QED) is 0.628. The summed E-state index contributed by atoms with van der Waals surface area (Å²) in [5.74, 6) is -0.766. The molecule has 0 aromatic heterocycles. The van der Waals surface area contributed by atoms with E-state index in [1.807, 2.05) is 37.3 Å². The highest BCUT2D eigenvalue weighted by Gasteiger charge is 2.50. The Morgan fingerprint density at radius 2 is 1.66 bits per heavy atom. The number of carbonyl (C=O) groups is 2. The topological polar surface area (TPSA) is 57.6 Å². The molecule has 1 aliphatic heterocycles. The van der Waals surface area contributed by atoms with E-state index < -0.39 is 11.5 Å². The second kappa shape index (κ2) is 7.47. The molecule has 1 unspecified atom stereocenters. The molecule has 0 spiro atoms. The van der Waals surface area contributed by atoms with Crippen molar-refractivity contribution in [1.82, 2.24) is 0 Å². The summed E-state index contributed by atoms with van der Waals surface area (Å²) in [5.41, 5.74) is 1.59. The molecule has 3 aromatic carbocycles. The molecule has 0 aliphatic carbocycles.